The number of H-pyrrole nitrogens is 1. The van der Waals surface area contributed by atoms with E-state index in [9.17, 15) is 9.18 Å². The number of fused-ring (bicyclic) bond motifs is 1. The normalized spacial score (nSPS) is 10.6. The van der Waals surface area contributed by atoms with E-state index in [1.165, 1.54) is 24.3 Å². The molecule has 0 aliphatic rings. The summed E-state index contributed by atoms with van der Waals surface area (Å²) in [5, 5.41) is 19.7. The van der Waals surface area contributed by atoms with Crippen LogP contribution in [-0.4, -0.2) is 21.3 Å². The second kappa shape index (κ2) is 5.33. The molecule has 22 heavy (non-hydrogen) atoms. The fraction of sp³-hybridized carbons (Fsp3) is 0. The molecule has 0 aliphatic carbocycles. The van der Waals surface area contributed by atoms with Crippen LogP contribution in [0, 0.1) is 5.82 Å². The Kier molecular flexibility index (Phi) is 3.34. The predicted octanol–water partition coefficient (Wildman–Crippen LogP) is 3.48. The van der Waals surface area contributed by atoms with Crippen LogP contribution in [0.2, 0.25) is 0 Å². The molecule has 0 saturated carbocycles. The first-order valence-electron chi connectivity index (χ1n) is 6.48. The van der Waals surface area contributed by atoms with Gasteiger partial charge in [0.15, 0.2) is 0 Å². The van der Waals surface area contributed by atoms with Crippen molar-refractivity contribution in [3.8, 4) is 0 Å². The van der Waals surface area contributed by atoms with Crippen molar-refractivity contribution in [2.75, 3.05) is 5.32 Å². The summed E-state index contributed by atoms with van der Waals surface area (Å²) in [6.07, 6.45) is 0. The Morgan fingerprint density at radius 1 is 1.23 bits per heavy atom. The zero-order chi connectivity index (χ0) is 15.7. The van der Waals surface area contributed by atoms with Crippen LogP contribution in [0.5, 0.6) is 0 Å². The molecule has 0 aliphatic heterocycles. The molecule has 2 aromatic carbocycles. The van der Waals surface area contributed by atoms with Gasteiger partial charge in [-0.15, -0.1) is 0 Å². The van der Waals surface area contributed by atoms with E-state index in [1.807, 2.05) is 0 Å². The lowest BCUT2D eigenvalue weighted by Gasteiger charge is -2.07. The molecule has 0 spiro atoms. The van der Waals surface area contributed by atoms with E-state index in [0.717, 1.165) is 0 Å². The maximum absolute atomic E-state index is 12.9. The Morgan fingerprint density at radius 2 is 1.95 bits per heavy atom. The number of aromatic nitrogens is 2. The van der Waals surface area contributed by atoms with Crippen LogP contribution in [0.3, 0.4) is 0 Å². The van der Waals surface area contributed by atoms with E-state index in [-0.39, 0.29) is 11.4 Å². The number of carbonyl (C=O) groups is 1. The van der Waals surface area contributed by atoms with Crippen LogP contribution in [0.1, 0.15) is 16.1 Å². The van der Waals surface area contributed by atoms with Gasteiger partial charge in [-0.05, 0) is 42.5 Å². The van der Waals surface area contributed by atoms with Gasteiger partial charge in [0.05, 0.1) is 16.8 Å². The van der Waals surface area contributed by atoms with E-state index >= 15 is 0 Å². The van der Waals surface area contributed by atoms with Gasteiger partial charge in [-0.25, -0.2) is 9.18 Å². The molecule has 0 amide bonds. The molecule has 0 radical (unpaired) electrons. The van der Waals surface area contributed by atoms with Crippen molar-refractivity contribution >= 4 is 28.3 Å². The molecule has 5 nitrogen and oxygen atoms in total. The number of aromatic carboxylic acids is 1. The molecule has 3 N–H and O–H groups in total. The summed E-state index contributed by atoms with van der Waals surface area (Å²) in [4.78, 5) is 11.1. The zero-order valence-corrected chi connectivity index (χ0v) is 11.4. The summed E-state index contributed by atoms with van der Waals surface area (Å²) in [5.74, 6) is -1.33. The van der Waals surface area contributed by atoms with Crippen molar-refractivity contribution in [1.82, 2.24) is 10.2 Å². The monoisotopic (exact) mass is 297 g/mol. The quantitative estimate of drug-likeness (QED) is 0.689. The number of anilines is 1. The second-order valence-corrected chi connectivity index (χ2v) is 4.75. The average molecular weight is 297 g/mol. The number of benzene rings is 2. The number of aromatic amines is 1. The number of nitrogens with one attached hydrogen (secondary N) is 2. The molecular formula is C16H12FN3O2. The Labute approximate surface area is 125 Å². The molecule has 110 valence electrons. The van der Waals surface area contributed by atoms with Gasteiger partial charge in [-0.2, -0.15) is 5.10 Å². The van der Waals surface area contributed by atoms with Gasteiger partial charge in [0, 0.05) is 11.1 Å². The minimum Gasteiger partial charge on any atom is -0.478 e. The number of halogens is 1. The van der Waals surface area contributed by atoms with E-state index in [0.29, 0.717) is 28.0 Å². The van der Waals surface area contributed by atoms with Crippen LogP contribution in [0.4, 0.5) is 10.1 Å². The van der Waals surface area contributed by atoms with Gasteiger partial charge in [0.25, 0.3) is 0 Å². The molecule has 3 aromatic rings. The maximum atomic E-state index is 12.9. The van der Waals surface area contributed by atoms with Crippen LogP contribution in [0.15, 0.2) is 49.0 Å². The Balaban J connectivity index is 1.95. The van der Waals surface area contributed by atoms with Crippen LogP contribution in [-0.2, 0) is 0 Å². The van der Waals surface area contributed by atoms with Crippen molar-refractivity contribution in [2.45, 2.75) is 0 Å². The summed E-state index contributed by atoms with van der Waals surface area (Å²) in [7, 11) is 0. The molecular weight excluding hydrogens is 285 g/mol. The van der Waals surface area contributed by atoms with Gasteiger partial charge < -0.3 is 10.4 Å². The summed E-state index contributed by atoms with van der Waals surface area (Å²) >= 11 is 0. The summed E-state index contributed by atoms with van der Waals surface area (Å²) in [6.45, 7) is 3.90. The van der Waals surface area contributed by atoms with E-state index in [1.54, 1.807) is 18.2 Å². The van der Waals surface area contributed by atoms with E-state index in [2.05, 4.69) is 22.1 Å². The number of hydrogen-bond acceptors (Lipinski definition) is 3. The van der Waals surface area contributed by atoms with Crippen molar-refractivity contribution < 1.29 is 14.3 Å². The lowest BCUT2D eigenvalue weighted by molar-refractivity contribution is 0.0697. The fourth-order valence-corrected chi connectivity index (χ4v) is 2.14. The van der Waals surface area contributed by atoms with Gasteiger partial charge in [-0.1, -0.05) is 6.58 Å². The highest BCUT2D eigenvalue weighted by atomic mass is 19.1. The highest BCUT2D eigenvalue weighted by molar-refractivity contribution is 5.98. The van der Waals surface area contributed by atoms with Gasteiger partial charge in [-0.3, -0.25) is 5.10 Å². The standard InChI is InChI=1S/C16H12FN3O2/c1-9(18-12-5-3-11(17)4-6-12)15-13-8-10(16(21)22)2-7-14(13)19-20-15/h2-8,18H,1H2,(H,19,20)(H,21,22). The number of carboxylic acids is 1. The molecule has 1 heterocycles. The summed E-state index contributed by atoms with van der Waals surface area (Å²) < 4.78 is 12.9. The maximum Gasteiger partial charge on any atom is 0.335 e. The highest BCUT2D eigenvalue weighted by Gasteiger charge is 2.12. The number of carboxylic acid groups (broad SMARTS) is 1. The Hall–Kier alpha value is -3.15. The van der Waals surface area contributed by atoms with E-state index in [4.69, 9.17) is 5.11 Å². The molecule has 0 atom stereocenters. The van der Waals surface area contributed by atoms with Crippen molar-refractivity contribution in [3.05, 3.63) is 66.1 Å². The zero-order valence-electron chi connectivity index (χ0n) is 11.4. The summed E-state index contributed by atoms with van der Waals surface area (Å²) in [6, 6.07) is 10.5. The topological polar surface area (TPSA) is 78.0 Å². The molecule has 0 fully saturated rings. The third-order valence-electron chi connectivity index (χ3n) is 3.24. The molecule has 6 heteroatoms. The minimum atomic E-state index is -1.01. The molecule has 0 bridgehead atoms. The number of rotatable bonds is 4. The number of hydrogen-bond donors (Lipinski definition) is 3. The highest BCUT2D eigenvalue weighted by Crippen LogP contribution is 2.24. The second-order valence-electron chi connectivity index (χ2n) is 4.75. The molecule has 3 rings (SSSR count). The lowest BCUT2D eigenvalue weighted by Crippen LogP contribution is -1.99. The van der Waals surface area contributed by atoms with E-state index < -0.39 is 5.97 Å². The van der Waals surface area contributed by atoms with Crippen molar-refractivity contribution in [2.24, 2.45) is 0 Å². The van der Waals surface area contributed by atoms with Crippen molar-refractivity contribution in [3.63, 3.8) is 0 Å². The van der Waals surface area contributed by atoms with Crippen LogP contribution >= 0.6 is 0 Å². The van der Waals surface area contributed by atoms with Crippen LogP contribution in [0.25, 0.3) is 16.6 Å². The minimum absolute atomic E-state index is 0.171. The lowest BCUT2D eigenvalue weighted by atomic mass is 10.1. The first-order chi connectivity index (χ1) is 10.5. The molecule has 0 saturated heterocycles. The Morgan fingerprint density at radius 3 is 2.64 bits per heavy atom. The fourth-order valence-electron chi connectivity index (χ4n) is 2.14. The predicted molar refractivity (Wildman–Crippen MR) is 82.1 cm³/mol. The smallest absolute Gasteiger partial charge is 0.335 e. The Bertz CT molecular complexity index is 869. The first kappa shape index (κ1) is 13.8. The van der Waals surface area contributed by atoms with Crippen molar-refractivity contribution in [1.29, 1.82) is 0 Å². The van der Waals surface area contributed by atoms with Gasteiger partial charge in [0.2, 0.25) is 0 Å². The van der Waals surface area contributed by atoms with Gasteiger partial charge >= 0.3 is 5.97 Å². The summed E-state index contributed by atoms with van der Waals surface area (Å²) in [5.41, 5.74) is 2.55. The molecule has 0 unspecified atom stereocenters. The third kappa shape index (κ3) is 2.54. The first-order valence-corrected chi connectivity index (χ1v) is 6.48. The van der Waals surface area contributed by atoms with Crippen LogP contribution < -0.4 is 5.32 Å². The number of nitrogens with zero attached hydrogens (tertiary/aromatic N) is 1. The average Bonchev–Trinajstić information content (AvgIpc) is 2.92. The van der Waals surface area contributed by atoms with Gasteiger partial charge in [0.1, 0.15) is 11.5 Å². The SMILES string of the molecule is C=C(Nc1ccc(F)cc1)c1n[nH]c2ccc(C(=O)O)cc12. The largest absolute Gasteiger partial charge is 0.478 e. The third-order valence-corrected chi connectivity index (χ3v) is 3.24. The molecule has 1 aromatic heterocycles.